The topological polar surface area (TPSA) is 27.7 Å². The van der Waals surface area contributed by atoms with Crippen molar-refractivity contribution in [3.05, 3.63) is 12.7 Å². The van der Waals surface area contributed by atoms with Gasteiger partial charge in [-0.25, -0.2) is 4.39 Å². The normalized spacial score (nSPS) is 10.2. The maximum absolute atomic E-state index is 11.5. The number of halogens is 1. The zero-order valence-corrected chi connectivity index (χ0v) is 7.84. The summed E-state index contributed by atoms with van der Waals surface area (Å²) in [6.45, 7) is 5.76. The summed E-state index contributed by atoms with van der Waals surface area (Å²) in [6, 6.07) is 0. The van der Waals surface area contributed by atoms with Crippen LogP contribution in [0.2, 0.25) is 0 Å². The molecule has 78 valence electrons. The molecular formula is C9H17FO3. The predicted octanol–water partition coefficient (Wildman–Crippen LogP) is 1.19. The van der Waals surface area contributed by atoms with Crippen molar-refractivity contribution in [1.29, 1.82) is 0 Å². The Labute approximate surface area is 78.5 Å². The average molecular weight is 192 g/mol. The molecule has 0 saturated heterocycles. The largest absolute Gasteiger partial charge is 0.377 e. The summed E-state index contributed by atoms with van der Waals surface area (Å²) in [5, 5.41) is 0. The Hall–Kier alpha value is -0.450. The number of ether oxygens (including phenoxy) is 3. The van der Waals surface area contributed by atoms with Crippen LogP contribution >= 0.6 is 0 Å². The third-order valence-corrected chi connectivity index (χ3v) is 1.20. The van der Waals surface area contributed by atoms with Gasteiger partial charge in [-0.05, 0) is 0 Å². The molecule has 3 nitrogen and oxygen atoms in total. The van der Waals surface area contributed by atoms with Crippen molar-refractivity contribution in [1.82, 2.24) is 0 Å². The van der Waals surface area contributed by atoms with E-state index in [1.165, 1.54) is 0 Å². The van der Waals surface area contributed by atoms with Crippen LogP contribution in [0, 0.1) is 0 Å². The molecule has 0 aromatic carbocycles. The Bertz CT molecular complexity index is 109. The summed E-state index contributed by atoms with van der Waals surface area (Å²) in [6.07, 6.45) is 1.68. The Morgan fingerprint density at radius 2 is 1.46 bits per heavy atom. The van der Waals surface area contributed by atoms with Gasteiger partial charge in [0.2, 0.25) is 0 Å². The minimum absolute atomic E-state index is 0.149. The fourth-order valence-corrected chi connectivity index (χ4v) is 0.661. The van der Waals surface area contributed by atoms with Gasteiger partial charge in [-0.15, -0.1) is 6.58 Å². The van der Waals surface area contributed by atoms with Crippen LogP contribution in [0.25, 0.3) is 0 Å². The third kappa shape index (κ3) is 11.5. The summed E-state index contributed by atoms with van der Waals surface area (Å²) in [5.41, 5.74) is 0. The predicted molar refractivity (Wildman–Crippen MR) is 48.6 cm³/mol. The Kier molecular flexibility index (Phi) is 11.2. The van der Waals surface area contributed by atoms with Crippen molar-refractivity contribution in [2.45, 2.75) is 0 Å². The second-order valence-corrected chi connectivity index (χ2v) is 2.28. The summed E-state index contributed by atoms with van der Waals surface area (Å²) in [7, 11) is 0. The van der Waals surface area contributed by atoms with Gasteiger partial charge in [0.25, 0.3) is 0 Å². The molecule has 13 heavy (non-hydrogen) atoms. The number of hydrogen-bond donors (Lipinski definition) is 0. The van der Waals surface area contributed by atoms with Crippen molar-refractivity contribution in [3.63, 3.8) is 0 Å². The first-order valence-electron chi connectivity index (χ1n) is 4.32. The monoisotopic (exact) mass is 192 g/mol. The highest BCUT2D eigenvalue weighted by Gasteiger charge is 1.89. The minimum atomic E-state index is -0.442. The maximum Gasteiger partial charge on any atom is 0.113 e. The lowest BCUT2D eigenvalue weighted by molar-refractivity contribution is 0.0170. The van der Waals surface area contributed by atoms with Crippen LogP contribution in [0.15, 0.2) is 12.7 Å². The van der Waals surface area contributed by atoms with Crippen molar-refractivity contribution in [2.24, 2.45) is 0 Å². The molecule has 0 aliphatic heterocycles. The quantitative estimate of drug-likeness (QED) is 0.384. The van der Waals surface area contributed by atoms with Gasteiger partial charge in [0, 0.05) is 0 Å². The molecule has 0 rings (SSSR count). The SMILES string of the molecule is C=CCOCCOCCOCCF. The van der Waals surface area contributed by atoms with Crippen LogP contribution in [-0.4, -0.2) is 46.3 Å². The summed E-state index contributed by atoms with van der Waals surface area (Å²) in [5.74, 6) is 0. The first-order valence-corrected chi connectivity index (χ1v) is 4.32. The zero-order chi connectivity index (χ0) is 9.78. The Balaban J connectivity index is 2.79. The van der Waals surface area contributed by atoms with Gasteiger partial charge in [-0.1, -0.05) is 6.08 Å². The van der Waals surface area contributed by atoms with E-state index in [1.807, 2.05) is 0 Å². The maximum atomic E-state index is 11.5. The molecule has 0 spiro atoms. The highest BCUT2D eigenvalue weighted by molar-refractivity contribution is 4.63. The highest BCUT2D eigenvalue weighted by atomic mass is 19.1. The van der Waals surface area contributed by atoms with Crippen molar-refractivity contribution < 1.29 is 18.6 Å². The molecule has 0 heterocycles. The average Bonchev–Trinajstić information content (AvgIpc) is 2.16. The number of alkyl halides is 1. The minimum Gasteiger partial charge on any atom is -0.377 e. The van der Waals surface area contributed by atoms with E-state index in [4.69, 9.17) is 14.2 Å². The first-order chi connectivity index (χ1) is 6.41. The smallest absolute Gasteiger partial charge is 0.113 e. The highest BCUT2D eigenvalue weighted by Crippen LogP contribution is 1.81. The first kappa shape index (κ1) is 12.6. The molecule has 0 fully saturated rings. The van der Waals surface area contributed by atoms with Crippen LogP contribution in [0.3, 0.4) is 0 Å². The third-order valence-electron chi connectivity index (χ3n) is 1.20. The molecule has 0 aromatic heterocycles. The standard InChI is InChI=1S/C9H17FO3/c1-2-4-11-6-8-13-9-7-12-5-3-10/h2H,1,3-9H2. The van der Waals surface area contributed by atoms with Gasteiger partial charge in [-0.3, -0.25) is 0 Å². The van der Waals surface area contributed by atoms with Crippen LogP contribution in [-0.2, 0) is 14.2 Å². The van der Waals surface area contributed by atoms with Crippen LogP contribution in [0.1, 0.15) is 0 Å². The number of hydrogen-bond acceptors (Lipinski definition) is 3. The van der Waals surface area contributed by atoms with E-state index >= 15 is 0 Å². The second kappa shape index (κ2) is 11.6. The van der Waals surface area contributed by atoms with Gasteiger partial charge in [0.15, 0.2) is 0 Å². The van der Waals surface area contributed by atoms with Gasteiger partial charge in [0.05, 0.1) is 39.6 Å². The molecule has 4 heteroatoms. The molecule has 0 N–H and O–H groups in total. The van der Waals surface area contributed by atoms with E-state index in [2.05, 4.69) is 6.58 Å². The lowest BCUT2D eigenvalue weighted by Gasteiger charge is -2.04. The van der Waals surface area contributed by atoms with Crippen molar-refractivity contribution in [2.75, 3.05) is 46.3 Å². The van der Waals surface area contributed by atoms with E-state index in [0.717, 1.165) is 0 Å². The fraction of sp³-hybridized carbons (Fsp3) is 0.778. The van der Waals surface area contributed by atoms with Crippen molar-refractivity contribution in [3.8, 4) is 0 Å². The fourth-order valence-electron chi connectivity index (χ4n) is 0.661. The Morgan fingerprint density at radius 3 is 2.00 bits per heavy atom. The van der Waals surface area contributed by atoms with Crippen LogP contribution in [0.5, 0.6) is 0 Å². The molecule has 0 amide bonds. The second-order valence-electron chi connectivity index (χ2n) is 2.28. The molecule has 0 atom stereocenters. The Morgan fingerprint density at radius 1 is 0.923 bits per heavy atom. The molecule has 0 aromatic rings. The van der Waals surface area contributed by atoms with E-state index in [-0.39, 0.29) is 6.61 Å². The lowest BCUT2D eigenvalue weighted by Crippen LogP contribution is -2.10. The molecule has 0 aliphatic rings. The zero-order valence-electron chi connectivity index (χ0n) is 7.84. The van der Waals surface area contributed by atoms with Crippen LogP contribution in [0.4, 0.5) is 4.39 Å². The van der Waals surface area contributed by atoms with Crippen LogP contribution < -0.4 is 0 Å². The molecular weight excluding hydrogens is 175 g/mol. The molecule has 0 bridgehead atoms. The molecule has 0 saturated carbocycles. The molecule has 0 aliphatic carbocycles. The summed E-state index contributed by atoms with van der Waals surface area (Å²) < 4.78 is 26.6. The number of rotatable bonds is 10. The summed E-state index contributed by atoms with van der Waals surface area (Å²) >= 11 is 0. The van der Waals surface area contributed by atoms with E-state index < -0.39 is 6.67 Å². The van der Waals surface area contributed by atoms with Gasteiger partial charge >= 0.3 is 0 Å². The summed E-state index contributed by atoms with van der Waals surface area (Å²) in [4.78, 5) is 0. The van der Waals surface area contributed by atoms with E-state index in [1.54, 1.807) is 6.08 Å². The molecule has 0 unspecified atom stereocenters. The van der Waals surface area contributed by atoms with Gasteiger partial charge in [0.1, 0.15) is 6.67 Å². The van der Waals surface area contributed by atoms with Gasteiger partial charge in [-0.2, -0.15) is 0 Å². The van der Waals surface area contributed by atoms with Gasteiger partial charge < -0.3 is 14.2 Å². The lowest BCUT2D eigenvalue weighted by atomic mass is 10.7. The van der Waals surface area contributed by atoms with E-state index in [9.17, 15) is 4.39 Å². The molecule has 0 radical (unpaired) electrons. The van der Waals surface area contributed by atoms with Crippen molar-refractivity contribution >= 4 is 0 Å². The van der Waals surface area contributed by atoms with E-state index in [0.29, 0.717) is 33.0 Å².